The predicted octanol–water partition coefficient (Wildman–Crippen LogP) is 5.04. The molecule has 1 atom stereocenters. The number of halogens is 1. The second-order valence-corrected chi connectivity index (χ2v) is 20.1. The van der Waals surface area contributed by atoms with E-state index in [1.165, 1.54) is 16.4 Å². The molecule has 20 heteroatoms. The van der Waals surface area contributed by atoms with Crippen molar-refractivity contribution >= 4 is 90.7 Å². The number of rotatable bonds is 11. The molecule has 3 N–H and O–H groups in total. The standard InChI is InChI=1S/C47H52ClN11O7S/c1-66-40-27-33(7-9-37(40)51-47-49-28-36(48)43(53-47)50-38-5-3-4-29-12-21-58(42(29)38)67(2,64)65)55-19-15-31(16-20-55)57-24-22-56(23-25-57)30-13-17-54(18-14-30)32-6-8-34-35(26-32)46(63)59(45(34)62)39-10-11-41(60)52-44(39)61/h3-9,12,21,26-28,30-31,39H,10-11,13-20,22-25H2,1-2H3,(H,52,60,61)(H2,49,50,51,53). The summed E-state index contributed by atoms with van der Waals surface area (Å²) in [6, 6.07) is 18.7. The number of imide groups is 2. The maximum absolute atomic E-state index is 13.4. The first-order chi connectivity index (χ1) is 32.3. The Morgan fingerprint density at radius 1 is 0.746 bits per heavy atom. The molecule has 0 spiro atoms. The number of anilines is 6. The maximum atomic E-state index is 13.4. The van der Waals surface area contributed by atoms with Crippen LogP contribution in [0.5, 0.6) is 5.75 Å². The van der Waals surface area contributed by atoms with Gasteiger partial charge in [0.15, 0.2) is 5.82 Å². The van der Waals surface area contributed by atoms with E-state index in [0.717, 1.165) is 106 Å². The number of amides is 4. The number of benzene rings is 3. The first-order valence-corrected chi connectivity index (χ1v) is 24.9. The number of ether oxygens (including phenoxy) is 1. The Balaban J connectivity index is 0.700. The second kappa shape index (κ2) is 18.1. The van der Waals surface area contributed by atoms with Crippen LogP contribution in [0, 0.1) is 0 Å². The quantitative estimate of drug-likeness (QED) is 0.149. The summed E-state index contributed by atoms with van der Waals surface area (Å²) in [4.78, 5) is 70.8. The summed E-state index contributed by atoms with van der Waals surface area (Å²) in [6.07, 6.45) is 8.54. The van der Waals surface area contributed by atoms with E-state index in [2.05, 4.69) is 51.6 Å². The number of nitrogens with zero attached hydrogens (tertiary/aromatic N) is 8. The number of piperidine rings is 3. The molecule has 0 saturated carbocycles. The predicted molar refractivity (Wildman–Crippen MR) is 256 cm³/mol. The molecule has 350 valence electrons. The first kappa shape index (κ1) is 44.6. The lowest BCUT2D eigenvalue weighted by Crippen LogP contribution is -2.56. The molecular formula is C47H52ClN11O7S. The Morgan fingerprint density at radius 3 is 2.03 bits per heavy atom. The molecule has 4 saturated heterocycles. The van der Waals surface area contributed by atoms with E-state index >= 15 is 0 Å². The van der Waals surface area contributed by atoms with Gasteiger partial charge in [-0.15, -0.1) is 0 Å². The van der Waals surface area contributed by atoms with Crippen LogP contribution in [0.25, 0.3) is 10.9 Å². The number of hydrogen-bond acceptors (Lipinski definition) is 15. The average Bonchev–Trinajstić information content (AvgIpc) is 3.89. The Bertz CT molecular complexity index is 2890. The van der Waals surface area contributed by atoms with Crippen LogP contribution in [0.4, 0.5) is 34.5 Å². The number of nitrogens with one attached hydrogen (secondary N) is 3. The van der Waals surface area contributed by atoms with Gasteiger partial charge in [-0.3, -0.25) is 39.2 Å². The number of hydrogen-bond donors (Lipinski definition) is 3. The summed E-state index contributed by atoms with van der Waals surface area (Å²) in [5, 5.41) is 9.74. The van der Waals surface area contributed by atoms with Gasteiger partial charge in [-0.05, 0) is 74.6 Å². The van der Waals surface area contributed by atoms with E-state index in [-0.39, 0.29) is 23.8 Å². The average molecular weight is 951 g/mol. The molecule has 2 aromatic heterocycles. The molecule has 67 heavy (non-hydrogen) atoms. The van der Waals surface area contributed by atoms with Gasteiger partial charge in [0.2, 0.25) is 27.8 Å². The zero-order valence-electron chi connectivity index (χ0n) is 37.3. The summed E-state index contributed by atoms with van der Waals surface area (Å²) in [5.74, 6) is -0.725. The highest BCUT2D eigenvalue weighted by Gasteiger charge is 2.45. The molecule has 5 aliphatic heterocycles. The third-order valence-corrected chi connectivity index (χ3v) is 15.2. The van der Waals surface area contributed by atoms with Crippen LogP contribution < -0.4 is 30.5 Å². The van der Waals surface area contributed by atoms with E-state index < -0.39 is 39.7 Å². The number of fused-ring (bicyclic) bond motifs is 2. The third kappa shape index (κ3) is 8.76. The Labute approximate surface area is 393 Å². The molecule has 1 unspecified atom stereocenters. The van der Waals surface area contributed by atoms with Crippen molar-refractivity contribution in [1.82, 2.24) is 34.0 Å². The van der Waals surface area contributed by atoms with E-state index in [9.17, 15) is 27.6 Å². The highest BCUT2D eigenvalue weighted by molar-refractivity contribution is 7.89. The minimum Gasteiger partial charge on any atom is -0.494 e. The van der Waals surface area contributed by atoms with Crippen LogP contribution in [-0.2, 0) is 19.6 Å². The van der Waals surface area contributed by atoms with Gasteiger partial charge < -0.3 is 25.2 Å². The van der Waals surface area contributed by atoms with Crippen LogP contribution in [-0.4, -0.2) is 145 Å². The number of carbonyl (C=O) groups is 4. The summed E-state index contributed by atoms with van der Waals surface area (Å²) >= 11 is 6.53. The zero-order chi connectivity index (χ0) is 46.6. The van der Waals surface area contributed by atoms with Crippen LogP contribution in [0.3, 0.4) is 0 Å². The van der Waals surface area contributed by atoms with Crippen molar-refractivity contribution in [2.24, 2.45) is 0 Å². The lowest BCUT2D eigenvalue weighted by Gasteiger charge is -2.46. The number of piperazine rings is 1. The van der Waals surface area contributed by atoms with Crippen molar-refractivity contribution in [2.45, 2.75) is 56.7 Å². The van der Waals surface area contributed by atoms with Gasteiger partial charge in [0.1, 0.15) is 16.8 Å². The van der Waals surface area contributed by atoms with Crippen molar-refractivity contribution in [1.29, 1.82) is 0 Å². The fourth-order valence-electron chi connectivity index (χ4n) is 10.4. The van der Waals surface area contributed by atoms with E-state index in [1.54, 1.807) is 31.4 Å². The molecule has 0 bridgehead atoms. The van der Waals surface area contributed by atoms with Gasteiger partial charge in [0, 0.05) is 99.9 Å². The highest BCUT2D eigenvalue weighted by atomic mass is 35.5. The molecule has 3 aromatic carbocycles. The smallest absolute Gasteiger partial charge is 0.262 e. The van der Waals surface area contributed by atoms with Crippen molar-refractivity contribution in [3.05, 3.63) is 89.2 Å². The lowest BCUT2D eigenvalue weighted by atomic mass is 9.99. The van der Waals surface area contributed by atoms with Gasteiger partial charge in [0.05, 0.1) is 47.6 Å². The summed E-state index contributed by atoms with van der Waals surface area (Å²) in [5.41, 5.74) is 4.30. The van der Waals surface area contributed by atoms with Gasteiger partial charge in [-0.1, -0.05) is 23.7 Å². The molecule has 5 aromatic rings. The van der Waals surface area contributed by atoms with Crippen LogP contribution in [0.2, 0.25) is 5.02 Å². The molecule has 5 aliphatic rings. The summed E-state index contributed by atoms with van der Waals surface area (Å²) < 4.78 is 32.1. The normalized spacial score (nSPS) is 20.4. The Kier molecular flexibility index (Phi) is 12.0. The minimum absolute atomic E-state index is 0.0912. The van der Waals surface area contributed by atoms with Crippen LogP contribution >= 0.6 is 11.6 Å². The summed E-state index contributed by atoms with van der Waals surface area (Å²) in [7, 11) is -1.92. The lowest BCUT2D eigenvalue weighted by molar-refractivity contribution is -0.136. The molecule has 10 rings (SSSR count). The number of carbonyl (C=O) groups excluding carboxylic acids is 4. The van der Waals surface area contributed by atoms with Crippen molar-refractivity contribution in [3.8, 4) is 5.75 Å². The van der Waals surface area contributed by atoms with Crippen molar-refractivity contribution in [2.75, 3.05) is 86.2 Å². The second-order valence-electron chi connectivity index (χ2n) is 17.8. The fraction of sp³-hybridized carbons (Fsp3) is 0.404. The molecule has 18 nitrogen and oxygen atoms in total. The minimum atomic E-state index is -3.55. The van der Waals surface area contributed by atoms with Crippen LogP contribution in [0.1, 0.15) is 59.2 Å². The van der Waals surface area contributed by atoms with Crippen molar-refractivity contribution in [3.63, 3.8) is 0 Å². The fourth-order valence-corrected chi connectivity index (χ4v) is 11.3. The van der Waals surface area contributed by atoms with Crippen LogP contribution in [0.15, 0.2) is 73.1 Å². The SMILES string of the molecule is COc1cc(N2CCC(N3CCN(C4CCN(c5ccc6c(c5)C(=O)N(C5CCC(=O)NC5=O)C6=O)CC4)CC3)CC2)ccc1Nc1ncc(Cl)c(Nc2cccc3ccn(S(C)(=O)=O)c23)n1. The molecular weight excluding hydrogens is 898 g/mol. The highest BCUT2D eigenvalue weighted by Crippen LogP contribution is 2.36. The summed E-state index contributed by atoms with van der Waals surface area (Å²) in [6.45, 7) is 7.70. The van der Waals surface area contributed by atoms with Gasteiger partial charge in [-0.2, -0.15) is 4.98 Å². The first-order valence-electron chi connectivity index (χ1n) is 22.7. The largest absolute Gasteiger partial charge is 0.494 e. The third-order valence-electron chi connectivity index (χ3n) is 13.9. The van der Waals surface area contributed by atoms with Gasteiger partial charge in [-0.25, -0.2) is 17.4 Å². The zero-order valence-corrected chi connectivity index (χ0v) is 38.9. The van der Waals surface area contributed by atoms with Gasteiger partial charge >= 0.3 is 0 Å². The van der Waals surface area contributed by atoms with Crippen molar-refractivity contribution < 1.29 is 32.3 Å². The number of para-hydroxylation sites is 1. The molecule has 4 amide bonds. The van der Waals surface area contributed by atoms with Gasteiger partial charge in [0.25, 0.3) is 11.8 Å². The molecule has 7 heterocycles. The number of aromatic nitrogens is 3. The van der Waals surface area contributed by atoms with E-state index in [4.69, 9.17) is 16.3 Å². The monoisotopic (exact) mass is 949 g/mol. The van der Waals surface area contributed by atoms with E-state index in [0.29, 0.717) is 51.7 Å². The Morgan fingerprint density at radius 2 is 1.39 bits per heavy atom. The molecule has 0 aliphatic carbocycles. The number of methoxy groups -OCH3 is 1. The van der Waals surface area contributed by atoms with E-state index in [1.807, 2.05) is 30.3 Å². The topological polar surface area (TPSA) is 195 Å². The maximum Gasteiger partial charge on any atom is 0.262 e. The Hall–Kier alpha value is -6.28. The molecule has 0 radical (unpaired) electrons. The molecule has 4 fully saturated rings.